The lowest BCUT2D eigenvalue weighted by molar-refractivity contribution is 0.616. The highest BCUT2D eigenvalue weighted by molar-refractivity contribution is 7.11. The molecule has 2 N–H and O–H groups in total. The molecule has 0 saturated carbocycles. The van der Waals surface area contributed by atoms with Gasteiger partial charge in [0.1, 0.15) is 5.82 Å². The van der Waals surface area contributed by atoms with E-state index in [2.05, 4.69) is 81.5 Å². The van der Waals surface area contributed by atoms with Gasteiger partial charge in [-0.25, -0.2) is 4.98 Å². The average molecular weight is 396 g/mol. The van der Waals surface area contributed by atoms with Crippen molar-refractivity contribution < 1.29 is 0 Å². The molecule has 0 bridgehead atoms. The Bertz CT molecular complexity index is 881. The summed E-state index contributed by atoms with van der Waals surface area (Å²) >= 11 is 1.85. The first-order chi connectivity index (χ1) is 13.6. The van der Waals surface area contributed by atoms with E-state index in [1.54, 1.807) is 7.05 Å². The number of nitrogens with one attached hydrogen (secondary N) is 2. The molecule has 0 radical (unpaired) electrons. The number of hydrogen-bond donors (Lipinski definition) is 2. The number of guanidine groups is 1. The number of nitrogens with zero attached hydrogens (tertiary/aromatic N) is 3. The fraction of sp³-hybridized carbons (Fsp3) is 0.364. The van der Waals surface area contributed by atoms with Crippen LogP contribution in [0.4, 0.5) is 0 Å². The molecule has 1 atom stereocenters. The van der Waals surface area contributed by atoms with Gasteiger partial charge in [0.05, 0.1) is 6.54 Å². The summed E-state index contributed by atoms with van der Waals surface area (Å²) in [6, 6.07) is 15.2. The van der Waals surface area contributed by atoms with Crippen molar-refractivity contribution in [2.24, 2.45) is 4.99 Å². The van der Waals surface area contributed by atoms with Crippen LogP contribution < -0.4 is 10.6 Å². The zero-order valence-corrected chi connectivity index (χ0v) is 17.7. The van der Waals surface area contributed by atoms with Gasteiger partial charge in [0, 0.05) is 48.2 Å². The van der Waals surface area contributed by atoms with Gasteiger partial charge in [0.2, 0.25) is 0 Å². The molecule has 0 aliphatic carbocycles. The van der Waals surface area contributed by atoms with Crippen LogP contribution in [-0.2, 0) is 25.9 Å². The van der Waals surface area contributed by atoms with Crippen molar-refractivity contribution in [1.29, 1.82) is 0 Å². The summed E-state index contributed by atoms with van der Waals surface area (Å²) in [5.74, 6) is 1.82. The Kier molecular flexibility index (Phi) is 7.25. The molecule has 28 heavy (non-hydrogen) atoms. The van der Waals surface area contributed by atoms with Crippen molar-refractivity contribution in [3.05, 3.63) is 76.0 Å². The van der Waals surface area contributed by atoms with Crippen LogP contribution >= 0.6 is 11.3 Å². The van der Waals surface area contributed by atoms with E-state index < -0.39 is 0 Å². The van der Waals surface area contributed by atoms with Crippen molar-refractivity contribution in [3.63, 3.8) is 0 Å². The number of thiophene rings is 1. The van der Waals surface area contributed by atoms with Crippen LogP contribution in [-0.4, -0.2) is 28.6 Å². The topological polar surface area (TPSA) is 54.2 Å². The average Bonchev–Trinajstić information content (AvgIpc) is 3.32. The van der Waals surface area contributed by atoms with Crippen molar-refractivity contribution in [2.45, 2.75) is 45.8 Å². The third kappa shape index (κ3) is 5.96. The first-order valence-electron chi connectivity index (χ1n) is 9.70. The van der Waals surface area contributed by atoms with Crippen LogP contribution in [0.3, 0.4) is 0 Å². The lowest BCUT2D eigenvalue weighted by Gasteiger charge is -2.17. The van der Waals surface area contributed by atoms with E-state index >= 15 is 0 Å². The second-order valence-corrected chi connectivity index (χ2v) is 8.33. The summed E-state index contributed by atoms with van der Waals surface area (Å²) in [4.78, 5) is 11.6. The van der Waals surface area contributed by atoms with E-state index in [1.165, 1.54) is 15.3 Å². The molecular weight excluding hydrogens is 366 g/mol. The molecule has 2 heterocycles. The van der Waals surface area contributed by atoms with Crippen LogP contribution in [0.15, 0.2) is 59.9 Å². The third-order valence-electron chi connectivity index (χ3n) is 4.61. The molecule has 3 rings (SSSR count). The lowest BCUT2D eigenvalue weighted by atomic mass is 10.1. The van der Waals surface area contributed by atoms with Gasteiger partial charge < -0.3 is 15.2 Å². The number of aliphatic imine (C=N–C) groups is 1. The number of hydrogen-bond acceptors (Lipinski definition) is 3. The second-order valence-electron chi connectivity index (χ2n) is 6.96. The van der Waals surface area contributed by atoms with Crippen LogP contribution in [0.1, 0.15) is 28.1 Å². The molecule has 0 spiro atoms. The lowest BCUT2D eigenvalue weighted by Crippen LogP contribution is -2.43. The zero-order valence-electron chi connectivity index (χ0n) is 16.9. The Morgan fingerprint density at radius 1 is 1.21 bits per heavy atom. The van der Waals surface area contributed by atoms with Crippen LogP contribution in [0.2, 0.25) is 0 Å². The Labute approximate surface area is 171 Å². The summed E-state index contributed by atoms with van der Waals surface area (Å²) < 4.78 is 2.20. The maximum atomic E-state index is 4.50. The number of aryl methyl sites for hydroxylation is 3. The second kappa shape index (κ2) is 10.1. The smallest absolute Gasteiger partial charge is 0.191 e. The minimum atomic E-state index is 0.307. The maximum absolute atomic E-state index is 4.50. The van der Waals surface area contributed by atoms with Crippen LogP contribution in [0, 0.1) is 6.92 Å². The number of benzene rings is 1. The normalized spacial score (nSPS) is 12.8. The summed E-state index contributed by atoms with van der Waals surface area (Å²) in [6.07, 6.45) is 5.89. The standard InChI is InChI=1S/C22H29N5S/c1-17(15-20-10-9-18(2)28-20)26-22(23-3)25-16-21-24-12-14-27(21)13-11-19-7-5-4-6-8-19/h4-10,12,14,17H,11,13,15-16H2,1-3H3,(H2,23,25,26). The van der Waals surface area contributed by atoms with Gasteiger partial charge in [-0.3, -0.25) is 4.99 Å². The molecule has 0 aliphatic rings. The van der Waals surface area contributed by atoms with E-state index in [0.29, 0.717) is 12.6 Å². The Hall–Kier alpha value is -2.60. The summed E-state index contributed by atoms with van der Waals surface area (Å²) in [5.41, 5.74) is 1.34. The van der Waals surface area contributed by atoms with E-state index in [4.69, 9.17) is 0 Å². The highest BCUT2D eigenvalue weighted by atomic mass is 32.1. The van der Waals surface area contributed by atoms with E-state index in [-0.39, 0.29) is 0 Å². The van der Waals surface area contributed by atoms with Crippen LogP contribution in [0.25, 0.3) is 0 Å². The van der Waals surface area contributed by atoms with Crippen molar-refractivity contribution >= 4 is 17.3 Å². The Morgan fingerprint density at radius 3 is 2.75 bits per heavy atom. The minimum Gasteiger partial charge on any atom is -0.354 e. The van der Waals surface area contributed by atoms with Crippen molar-refractivity contribution in [3.8, 4) is 0 Å². The first-order valence-corrected chi connectivity index (χ1v) is 10.5. The monoisotopic (exact) mass is 395 g/mol. The van der Waals surface area contributed by atoms with E-state index in [0.717, 1.165) is 31.2 Å². The molecule has 148 valence electrons. The van der Waals surface area contributed by atoms with Crippen LogP contribution in [0.5, 0.6) is 0 Å². The molecule has 1 unspecified atom stereocenters. The summed E-state index contributed by atoms with van der Waals surface area (Å²) in [7, 11) is 1.80. The van der Waals surface area contributed by atoms with E-state index in [1.807, 2.05) is 23.7 Å². The minimum absolute atomic E-state index is 0.307. The molecule has 3 aromatic rings. The van der Waals surface area contributed by atoms with Gasteiger partial charge in [-0.2, -0.15) is 0 Å². The predicted octanol–water partition coefficient (Wildman–Crippen LogP) is 3.79. The largest absolute Gasteiger partial charge is 0.354 e. The van der Waals surface area contributed by atoms with Gasteiger partial charge >= 0.3 is 0 Å². The van der Waals surface area contributed by atoms with Crippen molar-refractivity contribution in [1.82, 2.24) is 20.2 Å². The molecule has 0 amide bonds. The Morgan fingerprint density at radius 2 is 2.04 bits per heavy atom. The third-order valence-corrected chi connectivity index (χ3v) is 5.63. The number of rotatable bonds is 8. The van der Waals surface area contributed by atoms with E-state index in [9.17, 15) is 0 Å². The molecular formula is C22H29N5S. The fourth-order valence-electron chi connectivity index (χ4n) is 3.14. The highest BCUT2D eigenvalue weighted by Crippen LogP contribution is 2.16. The first kappa shape index (κ1) is 20.1. The van der Waals surface area contributed by atoms with Gasteiger partial charge in [0.25, 0.3) is 0 Å². The highest BCUT2D eigenvalue weighted by Gasteiger charge is 2.09. The molecule has 0 saturated heterocycles. The number of aromatic nitrogens is 2. The molecule has 2 aromatic heterocycles. The Balaban J connectivity index is 1.49. The molecule has 1 aromatic carbocycles. The molecule has 6 heteroatoms. The van der Waals surface area contributed by atoms with Gasteiger partial charge in [-0.05, 0) is 38.0 Å². The van der Waals surface area contributed by atoms with Crippen molar-refractivity contribution in [2.75, 3.05) is 7.05 Å². The molecule has 5 nitrogen and oxygen atoms in total. The molecule has 0 aliphatic heterocycles. The predicted molar refractivity (Wildman–Crippen MR) is 118 cm³/mol. The maximum Gasteiger partial charge on any atom is 0.191 e. The summed E-state index contributed by atoms with van der Waals surface area (Å²) in [5, 5.41) is 6.86. The van der Waals surface area contributed by atoms with Gasteiger partial charge in [-0.15, -0.1) is 11.3 Å². The van der Waals surface area contributed by atoms with Gasteiger partial charge in [-0.1, -0.05) is 30.3 Å². The quantitative estimate of drug-likeness (QED) is 0.451. The summed E-state index contributed by atoms with van der Waals surface area (Å²) in [6.45, 7) is 5.89. The SMILES string of the molecule is CN=C(NCc1nccn1CCc1ccccc1)NC(C)Cc1ccc(C)s1. The number of imidazole rings is 1. The van der Waals surface area contributed by atoms with Gasteiger partial charge in [0.15, 0.2) is 5.96 Å². The zero-order chi connectivity index (χ0) is 19.8. The molecule has 0 fully saturated rings. The fourth-order valence-corrected chi connectivity index (χ4v) is 4.16.